The molecule has 7 heteroatoms. The first-order chi connectivity index (χ1) is 7.36. The van der Waals surface area contributed by atoms with E-state index in [0.717, 1.165) is 14.0 Å². The van der Waals surface area contributed by atoms with Crippen LogP contribution in [0.2, 0.25) is 0 Å². The number of alkyl halides is 1. The predicted octanol–water partition coefficient (Wildman–Crippen LogP) is 2.65. The fourth-order valence-electron chi connectivity index (χ4n) is 0.766. The number of esters is 1. The van der Waals surface area contributed by atoms with Gasteiger partial charge in [0.2, 0.25) is 0 Å². The van der Waals surface area contributed by atoms with Crippen LogP contribution in [-0.2, 0) is 9.53 Å². The van der Waals surface area contributed by atoms with Crippen LogP contribution in [0.5, 0.6) is 0 Å². The largest absolute Gasteiger partial charge is 0.503 e. The number of ether oxygens (including phenoxy) is 1. The minimum atomic E-state index is -2.02. The zero-order valence-electron chi connectivity index (χ0n) is 8.56. The van der Waals surface area contributed by atoms with E-state index in [-0.39, 0.29) is 0 Å². The maximum atomic E-state index is 13.1. The Morgan fingerprint density at radius 1 is 1.38 bits per heavy atom. The van der Waals surface area contributed by atoms with E-state index in [0.29, 0.717) is 0 Å². The molecule has 0 aliphatic rings. The van der Waals surface area contributed by atoms with Gasteiger partial charge >= 0.3 is 5.97 Å². The highest BCUT2D eigenvalue weighted by Crippen LogP contribution is 2.25. The zero-order chi connectivity index (χ0) is 12.9. The van der Waals surface area contributed by atoms with Crippen LogP contribution in [-0.4, -0.2) is 24.9 Å². The number of carbonyl (C=O) groups is 1. The summed E-state index contributed by atoms with van der Waals surface area (Å²) in [4.78, 5) is 10.8. The number of aliphatic hydroxyl groups is 1. The number of halogens is 4. The minimum Gasteiger partial charge on any atom is -0.503 e. The topological polar surface area (TPSA) is 46.5 Å². The third-order valence-electron chi connectivity index (χ3n) is 1.73. The molecule has 0 aromatic heterocycles. The molecule has 1 unspecified atom stereocenters. The van der Waals surface area contributed by atoms with Gasteiger partial charge in [-0.2, -0.15) is 4.39 Å². The third-order valence-corrected chi connectivity index (χ3v) is 1.73. The first kappa shape index (κ1) is 14.5. The van der Waals surface area contributed by atoms with Crippen LogP contribution in [0.15, 0.2) is 23.2 Å². The number of allylic oxidation sites excluding steroid dienone is 2. The molecule has 0 rings (SSSR count). The van der Waals surface area contributed by atoms with Gasteiger partial charge in [-0.15, -0.1) is 0 Å². The van der Waals surface area contributed by atoms with Gasteiger partial charge in [0.1, 0.15) is 12.6 Å². The number of carbonyl (C=O) groups excluding carboxylic acids is 1. The van der Waals surface area contributed by atoms with Gasteiger partial charge in [0, 0.05) is 0 Å². The van der Waals surface area contributed by atoms with Gasteiger partial charge in [-0.25, -0.2) is 13.2 Å². The number of methoxy groups -OCH3 is 1. The Bertz CT molecular complexity index is 336. The van der Waals surface area contributed by atoms with E-state index in [1.165, 1.54) is 0 Å². The Labute approximate surface area is 89.0 Å². The van der Waals surface area contributed by atoms with Crippen molar-refractivity contribution in [3.05, 3.63) is 23.2 Å². The summed E-state index contributed by atoms with van der Waals surface area (Å²) in [5, 5.41) is 8.70. The van der Waals surface area contributed by atoms with Crippen LogP contribution in [0.3, 0.4) is 0 Å². The van der Waals surface area contributed by atoms with Crippen molar-refractivity contribution in [3.8, 4) is 0 Å². The molecule has 0 saturated carbocycles. The molecule has 0 bridgehead atoms. The quantitative estimate of drug-likeness (QED) is 0.357. The molecule has 1 N–H and O–H groups in total. The summed E-state index contributed by atoms with van der Waals surface area (Å²) in [5.74, 6) is -10.2. The lowest BCUT2D eigenvalue weighted by Gasteiger charge is -2.07. The Balaban J connectivity index is 5.19. The Kier molecular flexibility index (Phi) is 5.55. The first-order valence-electron chi connectivity index (χ1n) is 4.13. The van der Waals surface area contributed by atoms with Gasteiger partial charge in [0.05, 0.1) is 7.11 Å². The van der Waals surface area contributed by atoms with E-state index in [9.17, 15) is 22.4 Å². The SMILES string of the molecule is COC(=O)C(C)/C(F)=C(F)\C(O)=C(\F)CF. The van der Waals surface area contributed by atoms with E-state index in [4.69, 9.17) is 5.11 Å². The second-order valence-electron chi connectivity index (χ2n) is 2.79. The summed E-state index contributed by atoms with van der Waals surface area (Å²) < 4.78 is 54.2. The highest BCUT2D eigenvalue weighted by molar-refractivity contribution is 5.74. The molecule has 3 nitrogen and oxygen atoms in total. The molecule has 16 heavy (non-hydrogen) atoms. The average Bonchev–Trinajstić information content (AvgIpc) is 2.32. The van der Waals surface area contributed by atoms with E-state index < -0.39 is 41.8 Å². The molecule has 0 spiro atoms. The van der Waals surface area contributed by atoms with Crippen LogP contribution >= 0.6 is 0 Å². The molecule has 0 fully saturated rings. The van der Waals surface area contributed by atoms with Crippen molar-refractivity contribution in [1.29, 1.82) is 0 Å². The Morgan fingerprint density at radius 2 is 1.88 bits per heavy atom. The first-order valence-corrected chi connectivity index (χ1v) is 4.13. The van der Waals surface area contributed by atoms with Gasteiger partial charge < -0.3 is 9.84 Å². The van der Waals surface area contributed by atoms with Gasteiger partial charge in [0.15, 0.2) is 23.2 Å². The van der Waals surface area contributed by atoms with Crippen molar-refractivity contribution in [3.63, 3.8) is 0 Å². The van der Waals surface area contributed by atoms with Gasteiger partial charge in [-0.1, -0.05) is 0 Å². The second kappa shape index (κ2) is 6.14. The fraction of sp³-hybridized carbons (Fsp3) is 0.444. The maximum absolute atomic E-state index is 13.1. The molecule has 0 aliphatic heterocycles. The van der Waals surface area contributed by atoms with Crippen molar-refractivity contribution in [1.82, 2.24) is 0 Å². The lowest BCUT2D eigenvalue weighted by atomic mass is 10.1. The van der Waals surface area contributed by atoms with Crippen LogP contribution in [0, 0.1) is 5.92 Å². The summed E-state index contributed by atoms with van der Waals surface area (Å²) in [7, 11) is 0.946. The average molecular weight is 242 g/mol. The minimum absolute atomic E-state index is 0.946. The predicted molar refractivity (Wildman–Crippen MR) is 47.2 cm³/mol. The van der Waals surface area contributed by atoms with Crippen LogP contribution in [0.4, 0.5) is 17.6 Å². The van der Waals surface area contributed by atoms with E-state index in [2.05, 4.69) is 4.74 Å². The molecule has 0 amide bonds. The third kappa shape index (κ3) is 3.25. The van der Waals surface area contributed by atoms with Gasteiger partial charge in [-0.05, 0) is 6.92 Å². The monoisotopic (exact) mass is 242 g/mol. The van der Waals surface area contributed by atoms with Gasteiger partial charge in [-0.3, -0.25) is 4.79 Å². The highest BCUT2D eigenvalue weighted by Gasteiger charge is 2.26. The normalized spacial score (nSPS) is 16.1. The Hall–Kier alpha value is -1.53. The summed E-state index contributed by atoms with van der Waals surface area (Å²) in [6, 6.07) is 0. The molecule has 92 valence electrons. The van der Waals surface area contributed by atoms with Crippen molar-refractivity contribution in [2.75, 3.05) is 13.8 Å². The maximum Gasteiger partial charge on any atom is 0.315 e. The van der Waals surface area contributed by atoms with Crippen molar-refractivity contribution in [2.24, 2.45) is 5.92 Å². The number of hydrogen-bond acceptors (Lipinski definition) is 3. The van der Waals surface area contributed by atoms with Crippen molar-refractivity contribution in [2.45, 2.75) is 6.92 Å². The molecule has 1 atom stereocenters. The summed E-state index contributed by atoms with van der Waals surface area (Å²) in [5.41, 5.74) is 0. The number of rotatable bonds is 4. The van der Waals surface area contributed by atoms with Crippen LogP contribution < -0.4 is 0 Å². The van der Waals surface area contributed by atoms with Crippen LogP contribution in [0.25, 0.3) is 0 Å². The smallest absolute Gasteiger partial charge is 0.315 e. The van der Waals surface area contributed by atoms with E-state index in [1.807, 2.05) is 0 Å². The van der Waals surface area contributed by atoms with Crippen molar-refractivity contribution >= 4 is 5.97 Å². The lowest BCUT2D eigenvalue weighted by Crippen LogP contribution is -2.14. The lowest BCUT2D eigenvalue weighted by molar-refractivity contribution is -0.144. The standard InChI is InChI=1S/C9H10F4O3/c1-4(9(15)16-2)6(12)7(13)8(14)5(11)3-10/h4,14H,3H2,1-2H3/b7-6-,8-5-. The fourth-order valence-corrected chi connectivity index (χ4v) is 0.766. The molecule has 0 radical (unpaired) electrons. The van der Waals surface area contributed by atoms with Crippen molar-refractivity contribution < 1.29 is 32.2 Å². The summed E-state index contributed by atoms with van der Waals surface area (Å²) >= 11 is 0. The zero-order valence-corrected chi connectivity index (χ0v) is 8.56. The molecule has 0 aliphatic carbocycles. The number of aliphatic hydroxyl groups excluding tert-OH is 1. The van der Waals surface area contributed by atoms with E-state index in [1.54, 1.807) is 0 Å². The molecule has 0 aromatic rings. The number of hydrogen-bond donors (Lipinski definition) is 1. The summed E-state index contributed by atoms with van der Waals surface area (Å²) in [6.45, 7) is -0.833. The summed E-state index contributed by atoms with van der Waals surface area (Å²) in [6.07, 6.45) is 0. The molecule has 0 aromatic carbocycles. The second-order valence-corrected chi connectivity index (χ2v) is 2.79. The van der Waals surface area contributed by atoms with Gasteiger partial charge in [0.25, 0.3) is 0 Å². The molecular formula is C9H10F4O3. The molecule has 0 heterocycles. The van der Waals surface area contributed by atoms with Crippen LogP contribution in [0.1, 0.15) is 6.92 Å². The molecule has 0 saturated heterocycles. The highest BCUT2D eigenvalue weighted by atomic mass is 19.2. The Morgan fingerprint density at radius 3 is 2.25 bits per heavy atom. The van der Waals surface area contributed by atoms with E-state index >= 15 is 0 Å². The molecular weight excluding hydrogens is 232 g/mol.